The first kappa shape index (κ1) is 12.4. The van der Waals surface area contributed by atoms with Crippen LogP contribution in [0, 0.1) is 13.8 Å². The molecule has 2 atom stereocenters. The Morgan fingerprint density at radius 1 is 1.12 bits per heavy atom. The third-order valence-corrected chi connectivity index (χ3v) is 3.54. The second kappa shape index (κ2) is 5.54. The molecule has 0 aromatic heterocycles. The summed E-state index contributed by atoms with van der Waals surface area (Å²) >= 11 is 0. The van der Waals surface area contributed by atoms with Crippen molar-refractivity contribution in [3.05, 3.63) is 29.3 Å². The van der Waals surface area contributed by atoms with Gasteiger partial charge in [-0.25, -0.2) is 0 Å². The predicted molar refractivity (Wildman–Crippen MR) is 69.4 cm³/mol. The lowest BCUT2D eigenvalue weighted by Crippen LogP contribution is -2.30. The maximum atomic E-state index is 10.0. The van der Waals surface area contributed by atoms with Gasteiger partial charge in [-0.2, -0.15) is 0 Å². The SMILES string of the molecule is Cc1ccc(C)c(OC2CCCCCC2O)c1. The van der Waals surface area contributed by atoms with E-state index in [2.05, 4.69) is 32.0 Å². The van der Waals surface area contributed by atoms with Crippen LogP contribution in [0.3, 0.4) is 0 Å². The van der Waals surface area contributed by atoms with E-state index in [0.717, 1.165) is 37.0 Å². The Bertz CT molecular complexity index is 373. The molecule has 1 aromatic carbocycles. The van der Waals surface area contributed by atoms with E-state index in [-0.39, 0.29) is 12.2 Å². The number of aryl methyl sites for hydroxylation is 2. The Morgan fingerprint density at radius 2 is 1.88 bits per heavy atom. The number of hydrogen-bond acceptors (Lipinski definition) is 2. The smallest absolute Gasteiger partial charge is 0.124 e. The molecule has 0 heterocycles. The third kappa shape index (κ3) is 3.22. The Kier molecular flexibility index (Phi) is 4.06. The van der Waals surface area contributed by atoms with E-state index in [1.807, 2.05) is 0 Å². The largest absolute Gasteiger partial charge is 0.487 e. The van der Waals surface area contributed by atoms with Crippen LogP contribution in [0.25, 0.3) is 0 Å². The molecule has 2 nitrogen and oxygen atoms in total. The van der Waals surface area contributed by atoms with Gasteiger partial charge in [0.25, 0.3) is 0 Å². The van der Waals surface area contributed by atoms with Gasteiger partial charge in [-0.3, -0.25) is 0 Å². The molecule has 1 aliphatic carbocycles. The highest BCUT2D eigenvalue weighted by Gasteiger charge is 2.23. The fourth-order valence-electron chi connectivity index (χ4n) is 2.39. The number of hydrogen-bond donors (Lipinski definition) is 1. The molecule has 2 heteroatoms. The first-order valence-corrected chi connectivity index (χ1v) is 6.59. The highest BCUT2D eigenvalue weighted by atomic mass is 16.5. The molecule has 0 spiro atoms. The summed E-state index contributed by atoms with van der Waals surface area (Å²) in [6, 6.07) is 6.23. The van der Waals surface area contributed by atoms with E-state index in [1.54, 1.807) is 0 Å². The highest BCUT2D eigenvalue weighted by Crippen LogP contribution is 2.26. The summed E-state index contributed by atoms with van der Waals surface area (Å²) in [6.45, 7) is 4.12. The van der Waals surface area contributed by atoms with Crippen molar-refractivity contribution in [3.63, 3.8) is 0 Å². The minimum Gasteiger partial charge on any atom is -0.487 e. The normalized spacial score (nSPS) is 25.4. The standard InChI is InChI=1S/C15H22O2/c1-11-8-9-12(2)15(10-11)17-14-7-5-3-4-6-13(14)16/h8-10,13-14,16H,3-7H2,1-2H3. The molecule has 1 saturated carbocycles. The molecule has 1 aliphatic rings. The molecule has 1 aromatic rings. The average molecular weight is 234 g/mol. The molecule has 0 radical (unpaired) electrons. The van der Waals surface area contributed by atoms with Crippen LogP contribution < -0.4 is 4.74 Å². The van der Waals surface area contributed by atoms with E-state index >= 15 is 0 Å². The van der Waals surface area contributed by atoms with Crippen molar-refractivity contribution in [1.29, 1.82) is 0 Å². The Balaban J connectivity index is 2.10. The lowest BCUT2D eigenvalue weighted by Gasteiger charge is -2.23. The third-order valence-electron chi connectivity index (χ3n) is 3.54. The van der Waals surface area contributed by atoms with Gasteiger partial charge in [0.2, 0.25) is 0 Å². The summed E-state index contributed by atoms with van der Waals surface area (Å²) < 4.78 is 6.01. The van der Waals surface area contributed by atoms with Crippen molar-refractivity contribution in [1.82, 2.24) is 0 Å². The van der Waals surface area contributed by atoms with E-state index in [0.29, 0.717) is 0 Å². The number of ether oxygens (including phenoxy) is 1. The molecule has 0 saturated heterocycles. The summed E-state index contributed by atoms with van der Waals surface area (Å²) in [7, 11) is 0. The lowest BCUT2D eigenvalue weighted by molar-refractivity contribution is 0.0316. The maximum absolute atomic E-state index is 10.0. The number of aliphatic hydroxyl groups is 1. The molecule has 1 N–H and O–H groups in total. The molecule has 0 aliphatic heterocycles. The Morgan fingerprint density at radius 3 is 2.71 bits per heavy atom. The van der Waals surface area contributed by atoms with Crippen molar-refractivity contribution in [3.8, 4) is 5.75 Å². The van der Waals surface area contributed by atoms with Crippen LogP contribution in [0.2, 0.25) is 0 Å². The van der Waals surface area contributed by atoms with Gasteiger partial charge in [-0.05, 0) is 50.3 Å². The molecule has 2 unspecified atom stereocenters. The summed E-state index contributed by atoms with van der Waals surface area (Å²) in [5, 5.41) is 10.0. The van der Waals surface area contributed by atoms with Gasteiger partial charge < -0.3 is 9.84 Å². The van der Waals surface area contributed by atoms with Crippen molar-refractivity contribution in [2.45, 2.75) is 58.2 Å². The zero-order chi connectivity index (χ0) is 12.3. The predicted octanol–water partition coefficient (Wildman–Crippen LogP) is 3.38. The van der Waals surface area contributed by atoms with Gasteiger partial charge in [0.1, 0.15) is 11.9 Å². The fraction of sp³-hybridized carbons (Fsp3) is 0.600. The lowest BCUT2D eigenvalue weighted by atomic mass is 10.1. The summed E-state index contributed by atoms with van der Waals surface area (Å²) in [5.74, 6) is 0.927. The van der Waals surface area contributed by atoms with E-state index in [4.69, 9.17) is 4.74 Å². The second-order valence-corrected chi connectivity index (χ2v) is 5.13. The van der Waals surface area contributed by atoms with Crippen LogP contribution in [0.5, 0.6) is 5.75 Å². The van der Waals surface area contributed by atoms with E-state index < -0.39 is 0 Å². The Hall–Kier alpha value is -1.02. The van der Waals surface area contributed by atoms with Crippen LogP contribution in [0.1, 0.15) is 43.2 Å². The van der Waals surface area contributed by atoms with Gasteiger partial charge in [-0.1, -0.05) is 25.0 Å². The summed E-state index contributed by atoms with van der Waals surface area (Å²) in [6.07, 6.45) is 4.99. The van der Waals surface area contributed by atoms with Gasteiger partial charge in [0.05, 0.1) is 6.10 Å². The number of rotatable bonds is 2. The van der Waals surface area contributed by atoms with Crippen molar-refractivity contribution < 1.29 is 9.84 Å². The minimum atomic E-state index is -0.308. The van der Waals surface area contributed by atoms with Gasteiger partial charge in [0.15, 0.2) is 0 Å². The zero-order valence-corrected chi connectivity index (χ0v) is 10.8. The molecule has 94 valence electrons. The van der Waals surface area contributed by atoms with Crippen LogP contribution in [-0.2, 0) is 0 Å². The molecule has 17 heavy (non-hydrogen) atoms. The van der Waals surface area contributed by atoms with Gasteiger partial charge in [-0.15, -0.1) is 0 Å². The molecule has 0 amide bonds. The number of benzene rings is 1. The van der Waals surface area contributed by atoms with Gasteiger partial charge in [0, 0.05) is 0 Å². The zero-order valence-electron chi connectivity index (χ0n) is 10.8. The van der Waals surface area contributed by atoms with Crippen molar-refractivity contribution in [2.75, 3.05) is 0 Å². The highest BCUT2D eigenvalue weighted by molar-refractivity contribution is 5.36. The molecular weight excluding hydrogens is 212 g/mol. The first-order valence-electron chi connectivity index (χ1n) is 6.59. The van der Waals surface area contributed by atoms with Gasteiger partial charge >= 0.3 is 0 Å². The van der Waals surface area contributed by atoms with E-state index in [9.17, 15) is 5.11 Å². The summed E-state index contributed by atoms with van der Waals surface area (Å²) in [4.78, 5) is 0. The fourth-order valence-corrected chi connectivity index (χ4v) is 2.39. The van der Waals surface area contributed by atoms with Crippen LogP contribution in [0.15, 0.2) is 18.2 Å². The summed E-state index contributed by atoms with van der Waals surface area (Å²) in [5.41, 5.74) is 2.35. The molecule has 0 bridgehead atoms. The van der Waals surface area contributed by atoms with Crippen molar-refractivity contribution >= 4 is 0 Å². The number of aliphatic hydroxyl groups excluding tert-OH is 1. The van der Waals surface area contributed by atoms with Crippen LogP contribution in [-0.4, -0.2) is 17.3 Å². The monoisotopic (exact) mass is 234 g/mol. The average Bonchev–Trinajstić information content (AvgIpc) is 2.50. The first-order chi connectivity index (χ1) is 8.16. The Labute approximate surface area is 104 Å². The minimum absolute atomic E-state index is 0.0296. The second-order valence-electron chi connectivity index (χ2n) is 5.13. The maximum Gasteiger partial charge on any atom is 0.124 e. The van der Waals surface area contributed by atoms with Crippen LogP contribution >= 0.6 is 0 Å². The van der Waals surface area contributed by atoms with E-state index in [1.165, 1.54) is 12.0 Å². The molecular formula is C15H22O2. The quantitative estimate of drug-likeness (QED) is 0.795. The molecule has 1 fully saturated rings. The topological polar surface area (TPSA) is 29.5 Å². The molecule has 2 rings (SSSR count). The van der Waals surface area contributed by atoms with Crippen LogP contribution in [0.4, 0.5) is 0 Å². The van der Waals surface area contributed by atoms with Crippen molar-refractivity contribution in [2.24, 2.45) is 0 Å².